The molecular weight excluding hydrogens is 404 g/mol. The molecule has 0 amide bonds. The molecule has 4 heterocycles. The Hall–Kier alpha value is -3.46. The summed E-state index contributed by atoms with van der Waals surface area (Å²) in [5.74, 6) is 4.11. The van der Waals surface area contributed by atoms with E-state index in [0.717, 1.165) is 38.8 Å². The van der Waals surface area contributed by atoms with Gasteiger partial charge in [0, 0.05) is 28.9 Å². The average Bonchev–Trinajstić information content (AvgIpc) is 3.50. The van der Waals surface area contributed by atoms with Crippen molar-refractivity contribution in [1.29, 1.82) is 0 Å². The Labute approximate surface area is 175 Å². The average molecular weight is 420 g/mol. The largest absolute Gasteiger partial charge is 0.454 e. The molecule has 2 aromatic heterocycles. The number of aryl methyl sites for hydroxylation is 1. The molecule has 150 valence electrons. The van der Waals surface area contributed by atoms with Crippen LogP contribution in [0.15, 0.2) is 41.7 Å². The highest BCUT2D eigenvalue weighted by atomic mass is 32.2. The molecule has 4 aromatic rings. The number of benzene rings is 2. The molecule has 0 radical (unpaired) electrons. The molecule has 0 spiro atoms. The van der Waals surface area contributed by atoms with Crippen molar-refractivity contribution < 1.29 is 18.9 Å². The van der Waals surface area contributed by atoms with Crippen LogP contribution in [0, 0.1) is 6.92 Å². The van der Waals surface area contributed by atoms with Crippen LogP contribution in [0.25, 0.3) is 22.2 Å². The number of imidazole rings is 1. The number of hydrogen-bond acceptors (Lipinski definition) is 8. The quantitative estimate of drug-likeness (QED) is 0.494. The summed E-state index contributed by atoms with van der Waals surface area (Å²) in [6.07, 6.45) is 1.81. The zero-order valence-electron chi connectivity index (χ0n) is 16.0. The number of nitrogens with zero attached hydrogens (tertiary/aromatic N) is 3. The van der Waals surface area contributed by atoms with Crippen molar-refractivity contribution in [3.63, 3.8) is 0 Å². The van der Waals surface area contributed by atoms with Crippen LogP contribution >= 0.6 is 11.8 Å². The Morgan fingerprint density at radius 1 is 0.933 bits per heavy atom. The molecule has 0 atom stereocenters. The Morgan fingerprint density at radius 3 is 2.50 bits per heavy atom. The number of fused-ring (bicyclic) bond motifs is 3. The number of thioether (sulfide) groups is 1. The van der Waals surface area contributed by atoms with Crippen LogP contribution < -0.4 is 18.9 Å². The van der Waals surface area contributed by atoms with Gasteiger partial charge >= 0.3 is 0 Å². The zero-order valence-corrected chi connectivity index (χ0v) is 16.8. The molecule has 0 aliphatic carbocycles. The maximum Gasteiger partial charge on any atom is 0.231 e. The lowest BCUT2D eigenvalue weighted by Gasteiger charge is -2.10. The number of aromatic amines is 1. The first-order valence-corrected chi connectivity index (χ1v) is 10.4. The summed E-state index contributed by atoms with van der Waals surface area (Å²) in [5, 5.41) is 1.73. The number of hydrogen-bond donors (Lipinski definition) is 1. The Balaban J connectivity index is 1.46. The summed E-state index contributed by atoms with van der Waals surface area (Å²) in [4.78, 5) is 17.2. The molecule has 0 saturated heterocycles. The van der Waals surface area contributed by atoms with Crippen LogP contribution in [0.3, 0.4) is 0 Å². The minimum atomic E-state index is 0.207. The van der Waals surface area contributed by atoms with Crippen LogP contribution in [0.5, 0.6) is 23.0 Å². The summed E-state index contributed by atoms with van der Waals surface area (Å²) >= 11 is 1.56. The summed E-state index contributed by atoms with van der Waals surface area (Å²) < 4.78 is 22.1. The van der Waals surface area contributed by atoms with Gasteiger partial charge in [-0.05, 0) is 31.2 Å². The fourth-order valence-corrected chi connectivity index (χ4v) is 4.25. The maximum atomic E-state index is 5.57. The van der Waals surface area contributed by atoms with Crippen LogP contribution in [-0.2, 0) is 5.75 Å². The summed E-state index contributed by atoms with van der Waals surface area (Å²) in [5.41, 5.74) is 3.55. The van der Waals surface area contributed by atoms with Crippen molar-refractivity contribution in [3.8, 4) is 34.3 Å². The number of ether oxygens (including phenoxy) is 4. The number of aromatic nitrogens is 4. The van der Waals surface area contributed by atoms with E-state index in [9.17, 15) is 0 Å². The van der Waals surface area contributed by atoms with E-state index in [2.05, 4.69) is 9.97 Å². The molecule has 2 aliphatic heterocycles. The predicted molar refractivity (Wildman–Crippen MR) is 110 cm³/mol. The van der Waals surface area contributed by atoms with E-state index in [1.807, 2.05) is 43.5 Å². The van der Waals surface area contributed by atoms with Crippen LogP contribution in [0.1, 0.15) is 11.5 Å². The molecule has 8 nitrogen and oxygen atoms in total. The van der Waals surface area contributed by atoms with Crippen LogP contribution in [0.4, 0.5) is 0 Å². The summed E-state index contributed by atoms with van der Waals surface area (Å²) in [7, 11) is 0. The maximum absolute atomic E-state index is 5.57. The fourth-order valence-electron chi connectivity index (χ4n) is 3.49. The first-order chi connectivity index (χ1) is 14.7. The highest BCUT2D eigenvalue weighted by Gasteiger charge is 2.21. The van der Waals surface area contributed by atoms with Crippen molar-refractivity contribution >= 4 is 22.7 Å². The smallest absolute Gasteiger partial charge is 0.231 e. The Kier molecular flexibility index (Phi) is 3.95. The first kappa shape index (κ1) is 17.4. The van der Waals surface area contributed by atoms with Gasteiger partial charge < -0.3 is 23.9 Å². The van der Waals surface area contributed by atoms with E-state index in [1.54, 1.807) is 11.8 Å². The minimum absolute atomic E-state index is 0.207. The number of rotatable bonds is 4. The highest BCUT2D eigenvalue weighted by Crippen LogP contribution is 2.41. The molecule has 0 fully saturated rings. The van der Waals surface area contributed by atoms with Gasteiger partial charge in [-0.2, -0.15) is 0 Å². The van der Waals surface area contributed by atoms with Crippen molar-refractivity contribution in [2.24, 2.45) is 0 Å². The van der Waals surface area contributed by atoms with E-state index in [-0.39, 0.29) is 13.6 Å². The third-order valence-electron chi connectivity index (χ3n) is 4.90. The van der Waals surface area contributed by atoms with Gasteiger partial charge in [0.2, 0.25) is 13.6 Å². The third kappa shape index (κ3) is 2.98. The van der Waals surface area contributed by atoms with Gasteiger partial charge in [-0.15, -0.1) is 0 Å². The van der Waals surface area contributed by atoms with E-state index in [4.69, 9.17) is 28.9 Å². The zero-order chi connectivity index (χ0) is 20.1. The van der Waals surface area contributed by atoms with Crippen molar-refractivity contribution in [1.82, 2.24) is 19.9 Å². The standard InChI is InChI=1S/C21H16N4O4S/c1-11-7-22-21(23-11)30-8-19-24-14-6-18-17(28-10-29-18)5-13(14)20(25-19)12-2-3-15-16(4-12)27-9-26-15/h2-7H,8-10H2,1H3,(H,22,23). The molecule has 30 heavy (non-hydrogen) atoms. The van der Waals surface area contributed by atoms with Gasteiger partial charge in [0.25, 0.3) is 0 Å². The van der Waals surface area contributed by atoms with Gasteiger partial charge in [-0.25, -0.2) is 15.0 Å². The summed E-state index contributed by atoms with van der Waals surface area (Å²) in [6.45, 7) is 2.41. The van der Waals surface area contributed by atoms with Crippen LogP contribution in [-0.4, -0.2) is 33.5 Å². The molecular formula is C21H16N4O4S. The molecule has 1 N–H and O–H groups in total. The second-order valence-corrected chi connectivity index (χ2v) is 7.90. The van der Waals surface area contributed by atoms with E-state index >= 15 is 0 Å². The highest BCUT2D eigenvalue weighted by molar-refractivity contribution is 7.98. The fraction of sp³-hybridized carbons (Fsp3) is 0.190. The van der Waals surface area contributed by atoms with Crippen molar-refractivity contribution in [3.05, 3.63) is 48.0 Å². The minimum Gasteiger partial charge on any atom is -0.454 e. The monoisotopic (exact) mass is 420 g/mol. The van der Waals surface area contributed by atoms with Crippen molar-refractivity contribution in [2.75, 3.05) is 13.6 Å². The van der Waals surface area contributed by atoms with Gasteiger partial charge in [0.05, 0.1) is 17.0 Å². The molecule has 2 aliphatic rings. The topological polar surface area (TPSA) is 91.4 Å². The van der Waals surface area contributed by atoms with Gasteiger partial charge in [0.15, 0.2) is 28.2 Å². The molecule has 0 saturated carbocycles. The third-order valence-corrected chi connectivity index (χ3v) is 5.78. The lowest BCUT2D eigenvalue weighted by Crippen LogP contribution is -1.98. The van der Waals surface area contributed by atoms with Crippen molar-refractivity contribution in [2.45, 2.75) is 17.8 Å². The number of H-pyrrole nitrogens is 1. The second kappa shape index (κ2) is 6.81. The SMILES string of the molecule is Cc1cnc(SCc2nc(-c3ccc4c(c3)OCO4)c3cc4c(cc3n2)OCO4)[nH]1. The summed E-state index contributed by atoms with van der Waals surface area (Å²) in [6, 6.07) is 9.66. The molecule has 6 rings (SSSR count). The van der Waals surface area contributed by atoms with E-state index in [1.165, 1.54) is 0 Å². The van der Waals surface area contributed by atoms with E-state index in [0.29, 0.717) is 28.8 Å². The predicted octanol–water partition coefficient (Wildman–Crippen LogP) is 4.08. The normalized spacial score (nSPS) is 13.9. The Bertz CT molecular complexity index is 1290. The van der Waals surface area contributed by atoms with E-state index < -0.39 is 0 Å². The molecule has 2 aromatic carbocycles. The van der Waals surface area contributed by atoms with Crippen LogP contribution in [0.2, 0.25) is 0 Å². The molecule has 9 heteroatoms. The number of nitrogens with one attached hydrogen (secondary N) is 1. The molecule has 0 unspecified atom stereocenters. The molecule has 0 bridgehead atoms. The van der Waals surface area contributed by atoms with Gasteiger partial charge in [-0.3, -0.25) is 0 Å². The van der Waals surface area contributed by atoms with Gasteiger partial charge in [-0.1, -0.05) is 11.8 Å². The lowest BCUT2D eigenvalue weighted by molar-refractivity contribution is 0.173. The van der Waals surface area contributed by atoms with Gasteiger partial charge in [0.1, 0.15) is 5.82 Å². The lowest BCUT2D eigenvalue weighted by atomic mass is 10.0. The first-order valence-electron chi connectivity index (χ1n) is 9.38. The Morgan fingerprint density at radius 2 is 1.70 bits per heavy atom. The second-order valence-electron chi connectivity index (χ2n) is 6.94.